The average Bonchev–Trinajstić information content (AvgIpc) is 2.93. The maximum Gasteiger partial charge on any atom is 0.123 e. The van der Waals surface area contributed by atoms with Gasteiger partial charge in [0.1, 0.15) is 11.6 Å². The highest BCUT2D eigenvalue weighted by Gasteiger charge is 2.36. The first kappa shape index (κ1) is 13.8. The van der Waals surface area contributed by atoms with E-state index < -0.39 is 0 Å². The van der Waals surface area contributed by atoms with Gasteiger partial charge in [-0.1, -0.05) is 24.3 Å². The fourth-order valence-corrected chi connectivity index (χ4v) is 3.30. The summed E-state index contributed by atoms with van der Waals surface area (Å²) in [6.45, 7) is 0. The second-order valence-corrected chi connectivity index (χ2v) is 5.61. The molecule has 2 unspecified atom stereocenters. The maximum atomic E-state index is 13.1. The molecule has 0 saturated heterocycles. The van der Waals surface area contributed by atoms with E-state index in [-0.39, 0.29) is 29.4 Å². The van der Waals surface area contributed by atoms with Gasteiger partial charge in [0, 0.05) is 5.92 Å². The van der Waals surface area contributed by atoms with Crippen LogP contribution < -0.4 is 0 Å². The lowest BCUT2D eigenvalue weighted by Gasteiger charge is -2.20. The van der Waals surface area contributed by atoms with Crippen LogP contribution in [-0.4, -0.2) is 0 Å². The molecule has 1 saturated carbocycles. The van der Waals surface area contributed by atoms with Crippen molar-refractivity contribution < 1.29 is 8.78 Å². The standard InChI is InChI=1S/C18H15F2N/c19-15-5-1-13(2-6-15)17-9-12(11-21)10-18(17)14-3-7-16(20)8-4-14/h1-8,12,17-18H,9-10H2. The Morgan fingerprint density at radius 1 is 0.762 bits per heavy atom. The fraction of sp³-hybridized carbons (Fsp3) is 0.278. The molecule has 1 aliphatic carbocycles. The Bertz CT molecular complexity index is 602. The van der Waals surface area contributed by atoms with Gasteiger partial charge < -0.3 is 0 Å². The van der Waals surface area contributed by atoms with E-state index in [0.29, 0.717) is 0 Å². The molecule has 1 fully saturated rings. The van der Waals surface area contributed by atoms with Gasteiger partial charge in [0.25, 0.3) is 0 Å². The molecule has 0 N–H and O–H groups in total. The van der Waals surface area contributed by atoms with Crippen molar-refractivity contribution in [1.82, 2.24) is 0 Å². The Labute approximate surface area is 122 Å². The predicted molar refractivity (Wildman–Crippen MR) is 76.6 cm³/mol. The summed E-state index contributed by atoms with van der Waals surface area (Å²) in [5.41, 5.74) is 2.09. The van der Waals surface area contributed by atoms with Crippen LogP contribution in [0.2, 0.25) is 0 Å². The summed E-state index contributed by atoms with van der Waals surface area (Å²) < 4.78 is 26.2. The molecule has 0 bridgehead atoms. The highest BCUT2D eigenvalue weighted by molar-refractivity contribution is 5.32. The molecule has 0 amide bonds. The molecule has 1 nitrogen and oxygen atoms in total. The van der Waals surface area contributed by atoms with E-state index in [4.69, 9.17) is 0 Å². The first-order valence-electron chi connectivity index (χ1n) is 7.08. The van der Waals surface area contributed by atoms with Gasteiger partial charge in [0.05, 0.1) is 6.07 Å². The van der Waals surface area contributed by atoms with Crippen molar-refractivity contribution in [3.63, 3.8) is 0 Å². The third-order valence-electron chi connectivity index (χ3n) is 4.34. The molecule has 0 heterocycles. The fourth-order valence-electron chi connectivity index (χ4n) is 3.30. The largest absolute Gasteiger partial charge is 0.207 e. The zero-order chi connectivity index (χ0) is 14.8. The van der Waals surface area contributed by atoms with Gasteiger partial charge >= 0.3 is 0 Å². The SMILES string of the molecule is N#CC1CC(c2ccc(F)cc2)C(c2ccc(F)cc2)C1. The molecular weight excluding hydrogens is 268 g/mol. The summed E-state index contributed by atoms with van der Waals surface area (Å²) >= 11 is 0. The molecule has 0 aliphatic heterocycles. The lowest BCUT2D eigenvalue weighted by atomic mass is 9.84. The summed E-state index contributed by atoms with van der Waals surface area (Å²) in [6, 6.07) is 15.3. The van der Waals surface area contributed by atoms with Crippen molar-refractivity contribution in [2.45, 2.75) is 24.7 Å². The Morgan fingerprint density at radius 3 is 1.48 bits per heavy atom. The van der Waals surface area contributed by atoms with Gasteiger partial charge in [0.15, 0.2) is 0 Å². The molecule has 106 valence electrons. The molecule has 0 spiro atoms. The third-order valence-corrected chi connectivity index (χ3v) is 4.34. The molecule has 0 radical (unpaired) electrons. The van der Waals surface area contributed by atoms with E-state index in [1.54, 1.807) is 24.3 Å². The Morgan fingerprint density at radius 2 is 1.14 bits per heavy atom. The highest BCUT2D eigenvalue weighted by atomic mass is 19.1. The molecule has 3 rings (SSSR count). The quantitative estimate of drug-likeness (QED) is 0.779. The summed E-state index contributed by atoms with van der Waals surface area (Å²) in [7, 11) is 0. The van der Waals surface area contributed by atoms with Crippen LogP contribution in [0.3, 0.4) is 0 Å². The molecule has 2 aromatic rings. The second kappa shape index (κ2) is 5.65. The lowest BCUT2D eigenvalue weighted by molar-refractivity contribution is 0.603. The summed E-state index contributed by atoms with van der Waals surface area (Å²) in [4.78, 5) is 0. The first-order chi connectivity index (χ1) is 10.2. The number of halogens is 2. The Balaban J connectivity index is 1.94. The van der Waals surface area contributed by atoms with E-state index in [0.717, 1.165) is 24.0 Å². The van der Waals surface area contributed by atoms with Crippen LogP contribution in [0.25, 0.3) is 0 Å². The van der Waals surface area contributed by atoms with Crippen LogP contribution in [-0.2, 0) is 0 Å². The number of rotatable bonds is 2. The Hall–Kier alpha value is -2.21. The van der Waals surface area contributed by atoms with E-state index in [2.05, 4.69) is 6.07 Å². The molecular formula is C18H15F2N. The number of hydrogen-bond acceptors (Lipinski definition) is 1. The topological polar surface area (TPSA) is 23.8 Å². The summed E-state index contributed by atoms with van der Waals surface area (Å²) in [6.07, 6.45) is 1.54. The van der Waals surface area contributed by atoms with Crippen LogP contribution in [0.1, 0.15) is 35.8 Å². The minimum atomic E-state index is -0.257. The van der Waals surface area contributed by atoms with Crippen molar-refractivity contribution in [1.29, 1.82) is 5.26 Å². The van der Waals surface area contributed by atoms with Gasteiger partial charge in [-0.3, -0.25) is 0 Å². The van der Waals surface area contributed by atoms with Gasteiger partial charge in [0.2, 0.25) is 0 Å². The van der Waals surface area contributed by atoms with E-state index in [1.165, 1.54) is 24.3 Å². The van der Waals surface area contributed by atoms with Gasteiger partial charge in [-0.2, -0.15) is 5.26 Å². The van der Waals surface area contributed by atoms with Crippen LogP contribution in [0, 0.1) is 28.9 Å². The predicted octanol–water partition coefficient (Wildman–Crippen LogP) is 4.77. The van der Waals surface area contributed by atoms with Crippen LogP contribution in [0.4, 0.5) is 8.78 Å². The summed E-state index contributed by atoms with van der Waals surface area (Å²) in [5, 5.41) is 9.21. The van der Waals surface area contributed by atoms with Crippen LogP contribution in [0.5, 0.6) is 0 Å². The van der Waals surface area contributed by atoms with Crippen LogP contribution in [0.15, 0.2) is 48.5 Å². The smallest absolute Gasteiger partial charge is 0.123 e. The van der Waals surface area contributed by atoms with Gasteiger partial charge in [-0.25, -0.2) is 8.78 Å². The average molecular weight is 283 g/mol. The monoisotopic (exact) mass is 283 g/mol. The highest BCUT2D eigenvalue weighted by Crippen LogP contribution is 2.48. The first-order valence-corrected chi connectivity index (χ1v) is 7.08. The van der Waals surface area contributed by atoms with E-state index in [1.807, 2.05) is 0 Å². The van der Waals surface area contributed by atoms with Crippen molar-refractivity contribution in [3.05, 3.63) is 71.3 Å². The molecule has 21 heavy (non-hydrogen) atoms. The second-order valence-electron chi connectivity index (χ2n) is 5.61. The number of benzene rings is 2. The van der Waals surface area contributed by atoms with Crippen molar-refractivity contribution in [3.8, 4) is 6.07 Å². The van der Waals surface area contributed by atoms with Gasteiger partial charge in [-0.05, 0) is 60.1 Å². The summed E-state index contributed by atoms with van der Waals surface area (Å²) in [5.74, 6) is -0.157. The molecule has 3 heteroatoms. The van der Waals surface area contributed by atoms with Crippen molar-refractivity contribution in [2.75, 3.05) is 0 Å². The molecule has 1 aliphatic rings. The zero-order valence-electron chi connectivity index (χ0n) is 11.5. The maximum absolute atomic E-state index is 13.1. The molecule has 2 aromatic carbocycles. The third kappa shape index (κ3) is 2.80. The normalized spacial score (nSPS) is 24.7. The van der Waals surface area contributed by atoms with Crippen molar-refractivity contribution >= 4 is 0 Å². The van der Waals surface area contributed by atoms with Crippen molar-refractivity contribution in [2.24, 2.45) is 5.92 Å². The molecule has 0 aromatic heterocycles. The number of hydrogen-bond donors (Lipinski definition) is 0. The lowest BCUT2D eigenvalue weighted by Crippen LogP contribution is -2.05. The minimum absolute atomic E-state index is 0.00453. The molecule has 2 atom stereocenters. The van der Waals surface area contributed by atoms with E-state index in [9.17, 15) is 14.0 Å². The number of nitrogens with zero attached hydrogens (tertiary/aromatic N) is 1. The van der Waals surface area contributed by atoms with Crippen LogP contribution >= 0.6 is 0 Å². The van der Waals surface area contributed by atoms with Gasteiger partial charge in [-0.15, -0.1) is 0 Å². The zero-order valence-corrected chi connectivity index (χ0v) is 11.5. The number of nitriles is 1. The van der Waals surface area contributed by atoms with E-state index >= 15 is 0 Å². The minimum Gasteiger partial charge on any atom is -0.207 e. The Kier molecular flexibility index (Phi) is 3.70.